The second kappa shape index (κ2) is 8.34. The van der Waals surface area contributed by atoms with Crippen LogP contribution in [0.4, 0.5) is 9.18 Å². The minimum absolute atomic E-state index is 0.0762. The summed E-state index contributed by atoms with van der Waals surface area (Å²) in [6.45, 7) is 6.02. The van der Waals surface area contributed by atoms with Crippen LogP contribution in [-0.4, -0.2) is 27.3 Å². The predicted octanol–water partition coefficient (Wildman–Crippen LogP) is 4.18. The van der Waals surface area contributed by atoms with Crippen LogP contribution in [-0.2, 0) is 13.1 Å². The molecule has 6 heteroatoms. The number of halogens is 1. The molecule has 0 unspecified atom stereocenters. The molecule has 0 aliphatic carbocycles. The summed E-state index contributed by atoms with van der Waals surface area (Å²) in [5.74, 6) is -0.255. The van der Waals surface area contributed by atoms with Crippen molar-refractivity contribution in [3.05, 3.63) is 53.1 Å². The van der Waals surface area contributed by atoms with Gasteiger partial charge in [-0.15, -0.1) is 0 Å². The molecule has 1 fully saturated rings. The topological polar surface area (TPSA) is 50.2 Å². The molecule has 1 saturated heterocycles. The number of likely N-dealkylation sites (tertiary alicyclic amines) is 1. The molecule has 1 aliphatic heterocycles. The van der Waals surface area contributed by atoms with Crippen molar-refractivity contribution in [3.8, 4) is 0 Å². The number of carbonyl (C=O) groups excluding carboxylic acids is 1. The van der Waals surface area contributed by atoms with Gasteiger partial charge < -0.3 is 10.2 Å². The zero-order valence-electron chi connectivity index (χ0n) is 15.5. The Hall–Kier alpha value is -2.37. The first kappa shape index (κ1) is 18.4. The average Bonchev–Trinajstić information content (AvgIpc) is 2.84. The first-order valence-electron chi connectivity index (χ1n) is 9.41. The van der Waals surface area contributed by atoms with Crippen molar-refractivity contribution in [1.29, 1.82) is 0 Å². The summed E-state index contributed by atoms with van der Waals surface area (Å²) < 4.78 is 15.6. The minimum Gasteiger partial charge on any atom is -0.334 e. The molecule has 26 heavy (non-hydrogen) atoms. The van der Waals surface area contributed by atoms with Crippen molar-refractivity contribution >= 4 is 6.03 Å². The van der Waals surface area contributed by atoms with Gasteiger partial charge in [-0.1, -0.05) is 25.0 Å². The highest BCUT2D eigenvalue weighted by Gasteiger charge is 2.27. The van der Waals surface area contributed by atoms with E-state index in [0.29, 0.717) is 13.1 Å². The van der Waals surface area contributed by atoms with Gasteiger partial charge in [0.05, 0.1) is 12.2 Å². The summed E-state index contributed by atoms with van der Waals surface area (Å²) in [6.07, 6.45) is 5.80. The molecule has 2 heterocycles. The number of rotatable bonds is 4. The molecule has 5 nitrogen and oxygen atoms in total. The number of hydrogen-bond donors (Lipinski definition) is 1. The Labute approximate surface area is 154 Å². The summed E-state index contributed by atoms with van der Waals surface area (Å²) in [6, 6.07) is 6.45. The molecule has 0 radical (unpaired) electrons. The molecule has 2 amide bonds. The molecule has 1 aromatic heterocycles. The number of nitrogens with one attached hydrogen (secondary N) is 1. The Kier molecular flexibility index (Phi) is 5.91. The molecule has 2 aromatic rings. The quantitative estimate of drug-likeness (QED) is 0.891. The third-order valence-electron chi connectivity index (χ3n) is 5.18. The van der Waals surface area contributed by atoms with Gasteiger partial charge >= 0.3 is 6.03 Å². The van der Waals surface area contributed by atoms with Crippen LogP contribution in [0.5, 0.6) is 0 Å². The van der Waals surface area contributed by atoms with E-state index in [4.69, 9.17) is 0 Å². The fourth-order valence-electron chi connectivity index (χ4n) is 3.66. The first-order valence-corrected chi connectivity index (χ1v) is 9.41. The molecule has 1 aliphatic rings. The maximum atomic E-state index is 13.7. The molecule has 140 valence electrons. The number of nitrogens with zero attached hydrogens (tertiary/aromatic N) is 3. The van der Waals surface area contributed by atoms with E-state index in [2.05, 4.69) is 10.4 Å². The molecule has 1 atom stereocenters. The van der Waals surface area contributed by atoms with E-state index >= 15 is 0 Å². The number of urea groups is 1. The zero-order valence-corrected chi connectivity index (χ0v) is 15.5. The van der Waals surface area contributed by atoms with Gasteiger partial charge in [-0.3, -0.25) is 4.68 Å². The smallest absolute Gasteiger partial charge is 0.318 e. The Morgan fingerprint density at radius 3 is 2.92 bits per heavy atom. The highest BCUT2D eigenvalue weighted by molar-refractivity contribution is 5.74. The van der Waals surface area contributed by atoms with E-state index in [0.717, 1.165) is 49.0 Å². The summed E-state index contributed by atoms with van der Waals surface area (Å²) in [4.78, 5) is 14.7. The molecular weight excluding hydrogens is 331 g/mol. The van der Waals surface area contributed by atoms with Crippen molar-refractivity contribution in [2.45, 2.75) is 58.7 Å². The van der Waals surface area contributed by atoms with Crippen molar-refractivity contribution in [1.82, 2.24) is 20.0 Å². The second-order valence-corrected chi connectivity index (χ2v) is 6.84. The number of benzene rings is 1. The van der Waals surface area contributed by atoms with Crippen LogP contribution in [0, 0.1) is 12.7 Å². The number of aromatic nitrogens is 2. The van der Waals surface area contributed by atoms with Crippen LogP contribution in [0.1, 0.15) is 55.5 Å². The fraction of sp³-hybridized carbons (Fsp3) is 0.500. The Morgan fingerprint density at radius 2 is 2.19 bits per heavy atom. The molecular formula is C20H27FN4O. The zero-order chi connectivity index (χ0) is 18.5. The number of aryl methyl sites for hydroxylation is 1. The Morgan fingerprint density at radius 1 is 1.35 bits per heavy atom. The van der Waals surface area contributed by atoms with E-state index < -0.39 is 0 Å². The van der Waals surface area contributed by atoms with E-state index in [9.17, 15) is 9.18 Å². The van der Waals surface area contributed by atoms with Crippen molar-refractivity contribution in [2.75, 3.05) is 6.54 Å². The van der Waals surface area contributed by atoms with E-state index in [-0.39, 0.29) is 17.9 Å². The fourth-order valence-corrected chi connectivity index (χ4v) is 3.66. The van der Waals surface area contributed by atoms with Crippen molar-refractivity contribution in [3.63, 3.8) is 0 Å². The Balaban J connectivity index is 1.73. The molecule has 3 rings (SSSR count). The Bertz CT molecular complexity index is 758. The SMILES string of the molecule is CCn1ncc(CNC(=O)N2CCCCC[C@H]2c2cccc(F)c2)c1C. The lowest BCUT2D eigenvalue weighted by Crippen LogP contribution is -2.42. The number of amides is 2. The third-order valence-corrected chi connectivity index (χ3v) is 5.18. The van der Waals surface area contributed by atoms with Gasteiger partial charge in [-0.25, -0.2) is 9.18 Å². The van der Waals surface area contributed by atoms with Gasteiger partial charge in [0.1, 0.15) is 5.82 Å². The standard InChI is InChI=1S/C20H27FN4O/c1-3-25-15(2)17(14-23-25)13-22-20(26)24-11-6-4-5-10-19(24)16-8-7-9-18(21)12-16/h7-9,12,14,19H,3-6,10-11,13H2,1-2H3,(H,22,26)/t19-/m0/s1. The van der Waals surface area contributed by atoms with Crippen LogP contribution in [0.2, 0.25) is 0 Å². The first-order chi connectivity index (χ1) is 12.6. The maximum Gasteiger partial charge on any atom is 0.318 e. The largest absolute Gasteiger partial charge is 0.334 e. The van der Waals surface area contributed by atoms with Crippen molar-refractivity contribution < 1.29 is 9.18 Å². The lowest BCUT2D eigenvalue weighted by atomic mass is 10.0. The second-order valence-electron chi connectivity index (χ2n) is 6.84. The number of hydrogen-bond acceptors (Lipinski definition) is 2. The summed E-state index contributed by atoms with van der Waals surface area (Å²) in [5.41, 5.74) is 2.97. The van der Waals surface area contributed by atoms with Gasteiger partial charge in [0.25, 0.3) is 0 Å². The molecule has 0 saturated carbocycles. The van der Waals surface area contributed by atoms with Gasteiger partial charge in [0, 0.05) is 30.9 Å². The summed E-state index contributed by atoms with van der Waals surface area (Å²) in [7, 11) is 0. The van der Waals surface area contributed by atoms with Crippen LogP contribution in [0.15, 0.2) is 30.5 Å². The average molecular weight is 358 g/mol. The van der Waals surface area contributed by atoms with Gasteiger partial charge in [0.2, 0.25) is 0 Å². The summed E-state index contributed by atoms with van der Waals surface area (Å²) in [5, 5.41) is 7.35. The van der Waals surface area contributed by atoms with Gasteiger partial charge in [-0.05, 0) is 44.4 Å². The van der Waals surface area contributed by atoms with Crippen LogP contribution in [0.25, 0.3) is 0 Å². The molecule has 1 aromatic carbocycles. The lowest BCUT2D eigenvalue weighted by molar-refractivity contribution is 0.175. The number of carbonyl (C=O) groups is 1. The van der Waals surface area contributed by atoms with Crippen LogP contribution >= 0.6 is 0 Å². The van der Waals surface area contributed by atoms with Crippen LogP contribution < -0.4 is 5.32 Å². The highest BCUT2D eigenvalue weighted by Crippen LogP contribution is 2.30. The molecule has 1 N–H and O–H groups in total. The van der Waals surface area contributed by atoms with Crippen LogP contribution in [0.3, 0.4) is 0 Å². The molecule has 0 bridgehead atoms. The van der Waals surface area contributed by atoms with Gasteiger partial charge in [0.15, 0.2) is 0 Å². The van der Waals surface area contributed by atoms with E-state index in [1.54, 1.807) is 12.1 Å². The third kappa shape index (κ3) is 4.06. The minimum atomic E-state index is -0.255. The van der Waals surface area contributed by atoms with E-state index in [1.807, 2.05) is 35.7 Å². The predicted molar refractivity (Wildman–Crippen MR) is 99.2 cm³/mol. The van der Waals surface area contributed by atoms with Crippen molar-refractivity contribution in [2.24, 2.45) is 0 Å². The van der Waals surface area contributed by atoms with Gasteiger partial charge in [-0.2, -0.15) is 5.10 Å². The monoisotopic (exact) mass is 358 g/mol. The normalized spacial score (nSPS) is 17.8. The summed E-state index contributed by atoms with van der Waals surface area (Å²) >= 11 is 0. The van der Waals surface area contributed by atoms with E-state index in [1.165, 1.54) is 6.07 Å². The lowest BCUT2D eigenvalue weighted by Gasteiger charge is -2.30. The maximum absolute atomic E-state index is 13.7. The highest BCUT2D eigenvalue weighted by atomic mass is 19.1. The molecule has 0 spiro atoms.